The van der Waals surface area contributed by atoms with Crippen molar-refractivity contribution in [1.29, 1.82) is 0 Å². The van der Waals surface area contributed by atoms with E-state index in [9.17, 15) is 4.79 Å². The summed E-state index contributed by atoms with van der Waals surface area (Å²) in [4.78, 5) is 13.9. The first-order valence-corrected chi connectivity index (χ1v) is 5.45. The lowest BCUT2D eigenvalue weighted by Crippen LogP contribution is -2.30. The van der Waals surface area contributed by atoms with E-state index < -0.39 is 0 Å². The zero-order chi connectivity index (χ0) is 10.4. The minimum atomic E-state index is 0.289. The number of nitrogens with zero attached hydrogens (tertiary/aromatic N) is 1. The Morgan fingerprint density at radius 2 is 2.20 bits per heavy atom. The standard InChI is InChI=1S/C12H14N2O/c13-10-4-3-8-5-6-14(11(8)7-10)12(15)9-1-2-9/h3-4,7,9H,1-2,5-6,13H2. The van der Waals surface area contributed by atoms with Crippen LogP contribution in [0, 0.1) is 5.92 Å². The zero-order valence-electron chi connectivity index (χ0n) is 8.57. The van der Waals surface area contributed by atoms with Crippen molar-refractivity contribution >= 4 is 17.3 Å². The van der Waals surface area contributed by atoms with E-state index in [0.717, 1.165) is 37.2 Å². The van der Waals surface area contributed by atoms with E-state index in [1.54, 1.807) is 0 Å². The summed E-state index contributed by atoms with van der Waals surface area (Å²) in [5.74, 6) is 0.580. The van der Waals surface area contributed by atoms with Gasteiger partial charge < -0.3 is 10.6 Å². The second kappa shape index (κ2) is 2.99. The predicted molar refractivity (Wildman–Crippen MR) is 59.6 cm³/mol. The summed E-state index contributed by atoms with van der Waals surface area (Å²) in [7, 11) is 0. The highest BCUT2D eigenvalue weighted by molar-refractivity contribution is 5.98. The molecule has 3 rings (SSSR count). The number of anilines is 2. The van der Waals surface area contributed by atoms with Gasteiger partial charge in [-0.1, -0.05) is 6.07 Å². The molecule has 0 unspecified atom stereocenters. The summed E-state index contributed by atoms with van der Waals surface area (Å²) < 4.78 is 0. The van der Waals surface area contributed by atoms with E-state index >= 15 is 0 Å². The van der Waals surface area contributed by atoms with E-state index in [-0.39, 0.29) is 5.92 Å². The zero-order valence-corrected chi connectivity index (χ0v) is 8.57. The van der Waals surface area contributed by atoms with E-state index in [0.29, 0.717) is 5.91 Å². The third-order valence-corrected chi connectivity index (χ3v) is 3.20. The number of rotatable bonds is 1. The van der Waals surface area contributed by atoms with Gasteiger partial charge in [0.2, 0.25) is 5.91 Å². The van der Waals surface area contributed by atoms with Gasteiger partial charge in [0, 0.05) is 23.8 Å². The van der Waals surface area contributed by atoms with Crippen LogP contribution in [0.4, 0.5) is 11.4 Å². The van der Waals surface area contributed by atoms with Gasteiger partial charge in [0.05, 0.1) is 0 Å². The van der Waals surface area contributed by atoms with Gasteiger partial charge >= 0.3 is 0 Å². The van der Waals surface area contributed by atoms with Crippen LogP contribution in [-0.4, -0.2) is 12.5 Å². The molecular weight excluding hydrogens is 188 g/mol. The summed E-state index contributed by atoms with van der Waals surface area (Å²) in [6.45, 7) is 0.828. The van der Waals surface area contributed by atoms with Crippen LogP contribution in [0.3, 0.4) is 0 Å². The molecule has 2 N–H and O–H groups in total. The van der Waals surface area contributed by atoms with Crippen LogP contribution >= 0.6 is 0 Å². The number of hydrogen-bond donors (Lipinski definition) is 1. The molecule has 1 aromatic rings. The Labute approximate surface area is 88.9 Å². The predicted octanol–water partition coefficient (Wildman–Crippen LogP) is 1.57. The molecule has 0 atom stereocenters. The van der Waals surface area contributed by atoms with Crippen molar-refractivity contribution in [2.45, 2.75) is 19.3 Å². The van der Waals surface area contributed by atoms with Crippen molar-refractivity contribution < 1.29 is 4.79 Å². The first-order valence-electron chi connectivity index (χ1n) is 5.45. The van der Waals surface area contributed by atoms with Gasteiger partial charge in [0.15, 0.2) is 0 Å². The van der Waals surface area contributed by atoms with Gasteiger partial charge in [-0.25, -0.2) is 0 Å². The van der Waals surface area contributed by atoms with Crippen molar-refractivity contribution in [3.8, 4) is 0 Å². The molecule has 0 spiro atoms. The van der Waals surface area contributed by atoms with Gasteiger partial charge in [-0.2, -0.15) is 0 Å². The molecule has 0 radical (unpaired) electrons. The largest absolute Gasteiger partial charge is 0.399 e. The van der Waals surface area contributed by atoms with E-state index in [1.807, 2.05) is 23.1 Å². The van der Waals surface area contributed by atoms with E-state index in [1.165, 1.54) is 5.56 Å². The maximum atomic E-state index is 12.0. The molecule has 1 heterocycles. The fourth-order valence-corrected chi connectivity index (χ4v) is 2.18. The van der Waals surface area contributed by atoms with Crippen LogP contribution < -0.4 is 10.6 Å². The Morgan fingerprint density at radius 3 is 2.93 bits per heavy atom. The number of carbonyl (C=O) groups excluding carboxylic acids is 1. The average Bonchev–Trinajstić information content (AvgIpc) is 2.98. The molecule has 0 saturated heterocycles. The Hall–Kier alpha value is -1.51. The topological polar surface area (TPSA) is 46.3 Å². The fraction of sp³-hybridized carbons (Fsp3) is 0.417. The third kappa shape index (κ3) is 1.39. The molecular formula is C12H14N2O. The first-order chi connectivity index (χ1) is 7.25. The third-order valence-electron chi connectivity index (χ3n) is 3.20. The minimum Gasteiger partial charge on any atom is -0.399 e. The van der Waals surface area contributed by atoms with Crippen LogP contribution in [0.5, 0.6) is 0 Å². The Kier molecular flexibility index (Phi) is 1.75. The lowest BCUT2D eigenvalue weighted by Gasteiger charge is -2.17. The first kappa shape index (κ1) is 8.77. The van der Waals surface area contributed by atoms with E-state index in [4.69, 9.17) is 5.73 Å². The Balaban J connectivity index is 1.95. The van der Waals surface area contributed by atoms with Crippen molar-refractivity contribution in [1.82, 2.24) is 0 Å². The molecule has 1 amide bonds. The van der Waals surface area contributed by atoms with Gasteiger partial charge in [-0.05, 0) is 37.0 Å². The second-order valence-corrected chi connectivity index (χ2v) is 4.40. The summed E-state index contributed by atoms with van der Waals surface area (Å²) in [5.41, 5.74) is 8.77. The number of benzene rings is 1. The molecule has 1 aromatic carbocycles. The SMILES string of the molecule is Nc1ccc2c(c1)N(C(=O)C1CC1)CC2. The lowest BCUT2D eigenvalue weighted by atomic mass is 10.1. The smallest absolute Gasteiger partial charge is 0.230 e. The normalized spacial score (nSPS) is 19.1. The molecule has 3 heteroatoms. The Morgan fingerprint density at radius 1 is 1.40 bits per heavy atom. The van der Waals surface area contributed by atoms with Crippen molar-refractivity contribution in [3.63, 3.8) is 0 Å². The molecule has 0 bridgehead atoms. The summed E-state index contributed by atoms with van der Waals surface area (Å²) in [6.07, 6.45) is 3.09. The summed E-state index contributed by atoms with van der Waals surface area (Å²) in [5, 5.41) is 0. The van der Waals surface area contributed by atoms with Crippen LogP contribution in [0.15, 0.2) is 18.2 Å². The minimum absolute atomic E-state index is 0.289. The van der Waals surface area contributed by atoms with Crippen LogP contribution in [0.1, 0.15) is 18.4 Å². The number of hydrogen-bond acceptors (Lipinski definition) is 2. The maximum Gasteiger partial charge on any atom is 0.230 e. The Bertz CT molecular complexity index is 424. The second-order valence-electron chi connectivity index (χ2n) is 4.40. The van der Waals surface area contributed by atoms with Gasteiger partial charge in [-0.15, -0.1) is 0 Å². The van der Waals surface area contributed by atoms with Crippen LogP contribution in [0.2, 0.25) is 0 Å². The lowest BCUT2D eigenvalue weighted by molar-refractivity contribution is -0.119. The van der Waals surface area contributed by atoms with Crippen LogP contribution in [-0.2, 0) is 11.2 Å². The number of nitrogens with two attached hydrogens (primary N) is 1. The molecule has 1 saturated carbocycles. The maximum absolute atomic E-state index is 12.0. The highest BCUT2D eigenvalue weighted by atomic mass is 16.2. The number of nitrogen functional groups attached to an aromatic ring is 1. The number of amides is 1. The highest BCUT2D eigenvalue weighted by Gasteiger charge is 2.36. The number of carbonyl (C=O) groups is 1. The van der Waals surface area contributed by atoms with E-state index in [2.05, 4.69) is 0 Å². The molecule has 3 nitrogen and oxygen atoms in total. The van der Waals surface area contributed by atoms with Crippen molar-refractivity contribution in [2.75, 3.05) is 17.2 Å². The summed E-state index contributed by atoms with van der Waals surface area (Å²) in [6, 6.07) is 5.86. The van der Waals surface area contributed by atoms with Gasteiger partial charge in [0.1, 0.15) is 0 Å². The molecule has 1 fully saturated rings. The molecule has 15 heavy (non-hydrogen) atoms. The molecule has 1 aliphatic heterocycles. The van der Waals surface area contributed by atoms with Crippen molar-refractivity contribution in [3.05, 3.63) is 23.8 Å². The summed E-state index contributed by atoms with van der Waals surface area (Å²) >= 11 is 0. The molecule has 1 aliphatic carbocycles. The monoisotopic (exact) mass is 202 g/mol. The van der Waals surface area contributed by atoms with Crippen molar-refractivity contribution in [2.24, 2.45) is 5.92 Å². The highest BCUT2D eigenvalue weighted by Crippen LogP contribution is 2.37. The molecule has 2 aliphatic rings. The molecule has 0 aromatic heterocycles. The average molecular weight is 202 g/mol. The molecule has 78 valence electrons. The number of fused-ring (bicyclic) bond motifs is 1. The fourth-order valence-electron chi connectivity index (χ4n) is 2.18. The van der Waals surface area contributed by atoms with Gasteiger partial charge in [-0.3, -0.25) is 4.79 Å². The van der Waals surface area contributed by atoms with Crippen LogP contribution in [0.25, 0.3) is 0 Å². The van der Waals surface area contributed by atoms with Gasteiger partial charge in [0.25, 0.3) is 0 Å². The quantitative estimate of drug-likeness (QED) is 0.702.